The zero-order valence-electron chi connectivity index (χ0n) is 10.3. The molecule has 0 spiro atoms. The summed E-state index contributed by atoms with van der Waals surface area (Å²) in [6, 6.07) is 3.50. The summed E-state index contributed by atoms with van der Waals surface area (Å²) < 4.78 is 31.6. The summed E-state index contributed by atoms with van der Waals surface area (Å²) in [6.07, 6.45) is 2.02. The number of nitro benzene ring substituents is 1. The number of rotatable bonds is 6. The molecule has 1 aliphatic rings. The van der Waals surface area contributed by atoms with Gasteiger partial charge in [-0.3, -0.25) is 10.1 Å². The van der Waals surface area contributed by atoms with Gasteiger partial charge in [-0.2, -0.15) is 0 Å². The Morgan fingerprint density at radius 2 is 2.16 bits per heavy atom. The second-order valence-electron chi connectivity index (χ2n) is 4.39. The van der Waals surface area contributed by atoms with Crippen molar-refractivity contribution in [3.8, 4) is 5.75 Å². The minimum Gasteiger partial charge on any atom is -0.495 e. The first-order valence-corrected chi connectivity index (χ1v) is 7.24. The molecule has 0 bridgehead atoms. The van der Waals surface area contributed by atoms with E-state index in [9.17, 15) is 18.5 Å². The second kappa shape index (κ2) is 5.14. The van der Waals surface area contributed by atoms with Crippen LogP contribution in [0.15, 0.2) is 23.1 Å². The van der Waals surface area contributed by atoms with Gasteiger partial charge in [0.1, 0.15) is 10.6 Å². The first-order chi connectivity index (χ1) is 8.94. The van der Waals surface area contributed by atoms with E-state index in [2.05, 4.69) is 4.72 Å². The molecular weight excluding hydrogens is 272 g/mol. The second-order valence-corrected chi connectivity index (χ2v) is 6.12. The van der Waals surface area contributed by atoms with Crippen LogP contribution in [0.1, 0.15) is 12.8 Å². The van der Waals surface area contributed by atoms with Crippen LogP contribution in [0, 0.1) is 16.0 Å². The molecule has 1 N–H and O–H groups in total. The van der Waals surface area contributed by atoms with E-state index < -0.39 is 14.9 Å². The first kappa shape index (κ1) is 13.8. The van der Waals surface area contributed by atoms with Gasteiger partial charge in [0.2, 0.25) is 10.0 Å². The molecule has 1 aliphatic carbocycles. The molecule has 0 unspecified atom stereocenters. The highest BCUT2D eigenvalue weighted by atomic mass is 32.2. The summed E-state index contributed by atoms with van der Waals surface area (Å²) in [5.74, 6) is 0.466. The van der Waals surface area contributed by atoms with Gasteiger partial charge in [0.05, 0.1) is 12.0 Å². The standard InChI is InChI=1S/C11H14N2O5S/c1-18-10-5-4-9(13(14)15)6-11(10)19(16,17)12-7-8-2-3-8/h4-6,8,12H,2-3,7H2,1H3. The van der Waals surface area contributed by atoms with Crippen molar-refractivity contribution in [2.45, 2.75) is 17.7 Å². The molecule has 1 aromatic carbocycles. The zero-order valence-corrected chi connectivity index (χ0v) is 11.1. The number of non-ortho nitro benzene ring substituents is 1. The summed E-state index contributed by atoms with van der Waals surface area (Å²) in [7, 11) is -2.47. The molecule has 7 nitrogen and oxygen atoms in total. The minimum absolute atomic E-state index is 0.0916. The van der Waals surface area contributed by atoms with Gasteiger partial charge >= 0.3 is 0 Å². The molecular formula is C11H14N2O5S. The lowest BCUT2D eigenvalue weighted by Gasteiger charge is -2.10. The number of benzene rings is 1. The van der Waals surface area contributed by atoms with Crippen molar-refractivity contribution in [3.05, 3.63) is 28.3 Å². The van der Waals surface area contributed by atoms with Gasteiger partial charge in [-0.1, -0.05) is 0 Å². The van der Waals surface area contributed by atoms with E-state index in [1.165, 1.54) is 19.2 Å². The normalized spacial score (nSPS) is 15.2. The lowest BCUT2D eigenvalue weighted by atomic mass is 10.3. The lowest BCUT2D eigenvalue weighted by Crippen LogP contribution is -2.26. The van der Waals surface area contributed by atoms with E-state index in [4.69, 9.17) is 4.74 Å². The fourth-order valence-corrected chi connectivity index (χ4v) is 2.92. The van der Waals surface area contributed by atoms with Crippen molar-refractivity contribution in [2.75, 3.05) is 13.7 Å². The Hall–Kier alpha value is -1.67. The van der Waals surface area contributed by atoms with E-state index in [1.54, 1.807) is 0 Å². The topological polar surface area (TPSA) is 98.5 Å². The largest absolute Gasteiger partial charge is 0.495 e. The molecule has 104 valence electrons. The number of nitrogens with zero attached hydrogens (tertiary/aromatic N) is 1. The number of hydrogen-bond donors (Lipinski definition) is 1. The average Bonchev–Trinajstić information content (AvgIpc) is 3.19. The third kappa shape index (κ3) is 3.21. The molecule has 8 heteroatoms. The predicted molar refractivity (Wildman–Crippen MR) is 67.6 cm³/mol. The van der Waals surface area contributed by atoms with Crippen molar-refractivity contribution in [3.63, 3.8) is 0 Å². The van der Waals surface area contributed by atoms with Crippen LogP contribution in [-0.2, 0) is 10.0 Å². The molecule has 2 rings (SSSR count). The number of hydrogen-bond acceptors (Lipinski definition) is 5. The predicted octanol–water partition coefficient (Wildman–Crippen LogP) is 1.29. The number of ether oxygens (including phenoxy) is 1. The molecule has 0 amide bonds. The molecule has 0 heterocycles. The average molecular weight is 286 g/mol. The molecule has 1 saturated carbocycles. The van der Waals surface area contributed by atoms with Crippen molar-refractivity contribution < 1.29 is 18.1 Å². The van der Waals surface area contributed by atoms with E-state index in [0.29, 0.717) is 12.5 Å². The maximum atomic E-state index is 12.1. The highest BCUT2D eigenvalue weighted by Gasteiger charge is 2.27. The molecule has 19 heavy (non-hydrogen) atoms. The van der Waals surface area contributed by atoms with Gasteiger partial charge < -0.3 is 4.74 Å². The fourth-order valence-electron chi connectivity index (χ4n) is 1.62. The summed E-state index contributed by atoms with van der Waals surface area (Å²) in [6.45, 7) is 0.355. The van der Waals surface area contributed by atoms with Crippen LogP contribution in [0.4, 0.5) is 5.69 Å². The van der Waals surface area contributed by atoms with E-state index >= 15 is 0 Å². The van der Waals surface area contributed by atoms with Crippen LogP contribution >= 0.6 is 0 Å². The number of methoxy groups -OCH3 is 1. The molecule has 0 aliphatic heterocycles. The summed E-state index contributed by atoms with van der Waals surface area (Å²) in [5.41, 5.74) is -0.285. The van der Waals surface area contributed by atoms with Gasteiger partial charge in [-0.15, -0.1) is 0 Å². The summed E-state index contributed by atoms with van der Waals surface area (Å²) in [5, 5.41) is 10.7. The van der Waals surface area contributed by atoms with Gasteiger partial charge in [0, 0.05) is 18.7 Å². The van der Waals surface area contributed by atoms with Crippen LogP contribution in [0.25, 0.3) is 0 Å². The summed E-state index contributed by atoms with van der Waals surface area (Å²) >= 11 is 0. The monoisotopic (exact) mass is 286 g/mol. The van der Waals surface area contributed by atoms with Crippen molar-refractivity contribution in [2.24, 2.45) is 5.92 Å². The third-order valence-electron chi connectivity index (χ3n) is 2.91. The molecule has 0 atom stereocenters. The highest BCUT2D eigenvalue weighted by molar-refractivity contribution is 7.89. The molecule has 0 saturated heterocycles. The zero-order chi connectivity index (χ0) is 14.0. The van der Waals surface area contributed by atoms with Crippen LogP contribution in [0.2, 0.25) is 0 Å². The molecule has 0 radical (unpaired) electrons. The molecule has 1 fully saturated rings. The third-order valence-corrected chi connectivity index (χ3v) is 4.35. The Bertz CT molecular complexity index is 595. The number of nitro groups is 1. The van der Waals surface area contributed by atoms with Gasteiger partial charge in [0.25, 0.3) is 5.69 Å². The minimum atomic E-state index is -3.79. The van der Waals surface area contributed by atoms with E-state index in [1.807, 2.05) is 0 Å². The number of sulfonamides is 1. The lowest BCUT2D eigenvalue weighted by molar-refractivity contribution is -0.385. The number of nitrogens with one attached hydrogen (secondary N) is 1. The maximum absolute atomic E-state index is 12.1. The van der Waals surface area contributed by atoms with E-state index in [-0.39, 0.29) is 16.3 Å². The fraction of sp³-hybridized carbons (Fsp3) is 0.455. The Labute approximate surface area is 110 Å². The van der Waals surface area contributed by atoms with Crippen LogP contribution < -0.4 is 9.46 Å². The van der Waals surface area contributed by atoms with E-state index in [0.717, 1.165) is 18.9 Å². The molecule has 0 aromatic heterocycles. The van der Waals surface area contributed by atoms with Crippen LogP contribution in [-0.4, -0.2) is 27.0 Å². The van der Waals surface area contributed by atoms with Gasteiger partial charge in [0.15, 0.2) is 0 Å². The molecule has 1 aromatic rings. The van der Waals surface area contributed by atoms with Crippen LogP contribution in [0.3, 0.4) is 0 Å². The Morgan fingerprint density at radius 3 is 2.68 bits per heavy atom. The van der Waals surface area contributed by atoms with Crippen molar-refractivity contribution in [1.29, 1.82) is 0 Å². The van der Waals surface area contributed by atoms with Gasteiger partial charge in [-0.05, 0) is 24.8 Å². The maximum Gasteiger partial charge on any atom is 0.271 e. The Balaban J connectivity index is 2.33. The Morgan fingerprint density at radius 1 is 1.47 bits per heavy atom. The van der Waals surface area contributed by atoms with Crippen molar-refractivity contribution in [1.82, 2.24) is 4.72 Å². The SMILES string of the molecule is COc1ccc([N+](=O)[O-])cc1S(=O)(=O)NCC1CC1. The van der Waals surface area contributed by atoms with Crippen molar-refractivity contribution >= 4 is 15.7 Å². The quantitative estimate of drug-likeness (QED) is 0.627. The highest BCUT2D eigenvalue weighted by Crippen LogP contribution is 2.30. The van der Waals surface area contributed by atoms with Crippen LogP contribution in [0.5, 0.6) is 5.75 Å². The Kier molecular flexibility index (Phi) is 3.72. The summed E-state index contributed by atoms with van der Waals surface area (Å²) in [4.78, 5) is 9.86. The smallest absolute Gasteiger partial charge is 0.271 e. The van der Waals surface area contributed by atoms with Gasteiger partial charge in [-0.25, -0.2) is 13.1 Å². The first-order valence-electron chi connectivity index (χ1n) is 5.76.